The highest BCUT2D eigenvalue weighted by Crippen LogP contribution is 2.25. The van der Waals surface area contributed by atoms with E-state index in [1.807, 2.05) is 6.07 Å². The Hall–Kier alpha value is -4.59. The highest BCUT2D eigenvalue weighted by molar-refractivity contribution is 6.38. The molecule has 1 atom stereocenters. The molecule has 2 amide bonds. The molecule has 0 bridgehead atoms. The van der Waals surface area contributed by atoms with Crippen LogP contribution in [0.2, 0.25) is 0 Å². The fraction of sp³-hybridized carbons (Fsp3) is 0.111. The van der Waals surface area contributed by atoms with Crippen molar-refractivity contribution < 1.29 is 18.8 Å². The van der Waals surface area contributed by atoms with Crippen LogP contribution >= 0.6 is 0 Å². The third-order valence-corrected chi connectivity index (χ3v) is 5.49. The van der Waals surface area contributed by atoms with Crippen molar-refractivity contribution in [2.24, 2.45) is 5.73 Å². The molecule has 0 aliphatic carbocycles. The number of amides is 2. The number of primary amides is 1. The zero-order valence-corrected chi connectivity index (χ0v) is 18.9. The number of hydrogen-bond acceptors (Lipinski definition) is 4. The van der Waals surface area contributed by atoms with Crippen molar-refractivity contribution in [3.8, 4) is 16.8 Å². The molecule has 3 N–H and O–H groups in total. The first-order valence-electron chi connectivity index (χ1n) is 10.9. The molecule has 3 aromatic carbocycles. The minimum atomic E-state index is -1.14. The molecule has 0 fully saturated rings. The normalized spacial score (nSPS) is 11.6. The number of nitrogens with two attached hydrogens (primary N) is 1. The molecule has 35 heavy (non-hydrogen) atoms. The average Bonchev–Trinajstić information content (AvgIpc) is 3.26. The Morgan fingerprint density at radius 3 is 2.40 bits per heavy atom. The van der Waals surface area contributed by atoms with E-state index in [0.717, 1.165) is 5.56 Å². The van der Waals surface area contributed by atoms with Crippen LogP contribution in [-0.2, 0) is 16.0 Å². The van der Waals surface area contributed by atoms with Crippen LogP contribution in [-0.4, -0.2) is 33.4 Å². The lowest BCUT2D eigenvalue weighted by molar-refractivity contribution is -0.137. The van der Waals surface area contributed by atoms with E-state index < -0.39 is 23.6 Å². The summed E-state index contributed by atoms with van der Waals surface area (Å²) >= 11 is 0. The Morgan fingerprint density at radius 1 is 0.971 bits per heavy atom. The fourth-order valence-electron chi connectivity index (χ4n) is 3.82. The second kappa shape index (κ2) is 10.1. The maximum Gasteiger partial charge on any atom is 0.287 e. The van der Waals surface area contributed by atoms with Gasteiger partial charge in [-0.25, -0.2) is 9.07 Å². The number of carbonyl (C=O) groups is 3. The molecule has 0 saturated carbocycles. The maximum atomic E-state index is 14.3. The van der Waals surface area contributed by atoms with Gasteiger partial charge in [-0.05, 0) is 42.3 Å². The second-order valence-corrected chi connectivity index (χ2v) is 8.06. The molecule has 0 spiro atoms. The van der Waals surface area contributed by atoms with Crippen molar-refractivity contribution in [3.63, 3.8) is 0 Å². The Kier molecular flexibility index (Phi) is 6.82. The number of rotatable bonds is 8. The average molecular weight is 471 g/mol. The van der Waals surface area contributed by atoms with E-state index in [1.54, 1.807) is 79.7 Å². The molecule has 8 heteroatoms. The van der Waals surface area contributed by atoms with Crippen LogP contribution in [0.15, 0.2) is 84.9 Å². The summed E-state index contributed by atoms with van der Waals surface area (Å²) in [6.45, 7) is 1.73. The summed E-state index contributed by atoms with van der Waals surface area (Å²) in [5.41, 5.74) is 8.27. The molecule has 1 heterocycles. The van der Waals surface area contributed by atoms with E-state index in [0.29, 0.717) is 22.5 Å². The number of aromatic nitrogens is 2. The van der Waals surface area contributed by atoms with E-state index in [9.17, 15) is 18.8 Å². The first-order valence-corrected chi connectivity index (χ1v) is 10.9. The van der Waals surface area contributed by atoms with Gasteiger partial charge < -0.3 is 11.1 Å². The van der Waals surface area contributed by atoms with Gasteiger partial charge in [0.05, 0.1) is 11.4 Å². The molecule has 4 rings (SSSR count). The van der Waals surface area contributed by atoms with E-state index in [4.69, 9.17) is 5.73 Å². The highest BCUT2D eigenvalue weighted by Gasteiger charge is 2.27. The van der Waals surface area contributed by atoms with Gasteiger partial charge in [0, 0.05) is 12.0 Å². The number of aryl methyl sites for hydroxylation is 1. The zero-order valence-electron chi connectivity index (χ0n) is 18.9. The predicted octanol–water partition coefficient (Wildman–Crippen LogP) is 3.38. The lowest BCUT2D eigenvalue weighted by atomic mass is 10.0. The molecule has 0 saturated heterocycles. The van der Waals surface area contributed by atoms with E-state index in [2.05, 4.69) is 10.4 Å². The SMILES string of the molecule is Cc1cc(C(=O)N[C@@H](Cc2ccccc2)C(=O)C(N)=O)n(-c2cccc(-c3ccccc3F)c2)n1. The number of halogens is 1. The van der Waals surface area contributed by atoms with Gasteiger partial charge in [0.15, 0.2) is 0 Å². The standard InChI is InChI=1S/C27H23FN4O3/c1-17-14-24(27(35)30-23(25(33)26(29)34)15-18-8-3-2-4-9-18)32(31-17)20-11-7-10-19(16-20)21-12-5-6-13-22(21)28/h2-14,16,23H,15H2,1H3,(H2,29,34)(H,30,35)/t23-/m0/s1. The van der Waals surface area contributed by atoms with Crippen molar-refractivity contribution in [1.29, 1.82) is 0 Å². The van der Waals surface area contributed by atoms with Crippen LogP contribution in [0.1, 0.15) is 21.7 Å². The molecule has 0 aliphatic rings. The minimum absolute atomic E-state index is 0.101. The number of ketones is 1. The van der Waals surface area contributed by atoms with E-state index in [-0.39, 0.29) is 17.9 Å². The first kappa shape index (κ1) is 23.6. The summed E-state index contributed by atoms with van der Waals surface area (Å²) in [4.78, 5) is 37.3. The molecule has 0 unspecified atom stereocenters. The summed E-state index contributed by atoms with van der Waals surface area (Å²) in [5, 5.41) is 7.05. The Bertz CT molecular complexity index is 1400. The van der Waals surface area contributed by atoms with Crippen LogP contribution in [0.25, 0.3) is 16.8 Å². The van der Waals surface area contributed by atoms with Crippen molar-refractivity contribution in [1.82, 2.24) is 15.1 Å². The molecule has 4 aromatic rings. The zero-order chi connectivity index (χ0) is 24.9. The van der Waals surface area contributed by atoms with Crippen molar-refractivity contribution in [2.45, 2.75) is 19.4 Å². The third-order valence-electron chi connectivity index (χ3n) is 5.49. The van der Waals surface area contributed by atoms with Crippen LogP contribution in [0.3, 0.4) is 0 Å². The number of hydrogen-bond donors (Lipinski definition) is 2. The smallest absolute Gasteiger partial charge is 0.287 e. The predicted molar refractivity (Wildman–Crippen MR) is 129 cm³/mol. The summed E-state index contributed by atoms with van der Waals surface area (Å²) < 4.78 is 15.7. The number of carbonyl (C=O) groups excluding carboxylic acids is 3. The number of benzene rings is 3. The highest BCUT2D eigenvalue weighted by atomic mass is 19.1. The molecular formula is C27H23FN4O3. The molecule has 7 nitrogen and oxygen atoms in total. The van der Waals surface area contributed by atoms with Gasteiger partial charge in [-0.3, -0.25) is 14.4 Å². The molecule has 0 aliphatic heterocycles. The lowest BCUT2D eigenvalue weighted by Crippen LogP contribution is -2.47. The van der Waals surface area contributed by atoms with Crippen LogP contribution in [0.5, 0.6) is 0 Å². The summed E-state index contributed by atoms with van der Waals surface area (Å²) in [7, 11) is 0. The minimum Gasteiger partial charge on any atom is -0.363 e. The Labute approximate surface area is 201 Å². The molecule has 1 aromatic heterocycles. The van der Waals surface area contributed by atoms with Crippen LogP contribution in [0, 0.1) is 12.7 Å². The number of nitrogens with zero attached hydrogens (tertiary/aromatic N) is 2. The Balaban J connectivity index is 1.66. The van der Waals surface area contributed by atoms with E-state index in [1.165, 1.54) is 10.7 Å². The van der Waals surface area contributed by atoms with Gasteiger partial charge >= 0.3 is 0 Å². The molecule has 176 valence electrons. The van der Waals surface area contributed by atoms with Gasteiger partial charge in [-0.2, -0.15) is 5.10 Å². The van der Waals surface area contributed by atoms with Crippen LogP contribution < -0.4 is 11.1 Å². The maximum absolute atomic E-state index is 14.3. The van der Waals surface area contributed by atoms with Gasteiger partial charge in [-0.15, -0.1) is 0 Å². The topological polar surface area (TPSA) is 107 Å². The Morgan fingerprint density at radius 2 is 1.69 bits per heavy atom. The summed E-state index contributed by atoms with van der Waals surface area (Å²) in [6.07, 6.45) is 0.101. The van der Waals surface area contributed by atoms with Crippen molar-refractivity contribution in [3.05, 3.63) is 108 Å². The van der Waals surface area contributed by atoms with Gasteiger partial charge in [0.1, 0.15) is 17.6 Å². The molecular weight excluding hydrogens is 447 g/mol. The monoisotopic (exact) mass is 470 g/mol. The van der Waals surface area contributed by atoms with E-state index >= 15 is 0 Å². The number of Topliss-reactive ketones (excluding diaryl/α,β-unsaturated/α-hetero) is 1. The van der Waals surface area contributed by atoms with Gasteiger partial charge in [-0.1, -0.05) is 60.7 Å². The number of nitrogens with one attached hydrogen (secondary N) is 1. The largest absolute Gasteiger partial charge is 0.363 e. The quantitative estimate of drug-likeness (QED) is 0.385. The van der Waals surface area contributed by atoms with Crippen molar-refractivity contribution >= 4 is 17.6 Å². The summed E-state index contributed by atoms with van der Waals surface area (Å²) in [6, 6.07) is 22.8. The van der Waals surface area contributed by atoms with Gasteiger partial charge in [0.25, 0.3) is 11.8 Å². The fourth-order valence-corrected chi connectivity index (χ4v) is 3.82. The van der Waals surface area contributed by atoms with Crippen molar-refractivity contribution in [2.75, 3.05) is 0 Å². The third kappa shape index (κ3) is 5.33. The molecule has 0 radical (unpaired) electrons. The van der Waals surface area contributed by atoms with Gasteiger partial charge in [0.2, 0.25) is 5.78 Å². The lowest BCUT2D eigenvalue weighted by Gasteiger charge is -2.17. The summed E-state index contributed by atoms with van der Waals surface area (Å²) in [5.74, 6) is -2.99. The second-order valence-electron chi connectivity index (χ2n) is 8.06. The first-order chi connectivity index (χ1) is 16.8. The van der Waals surface area contributed by atoms with Crippen LogP contribution in [0.4, 0.5) is 4.39 Å².